The average molecular weight is 322 g/mol. The average Bonchev–Trinajstić information content (AvgIpc) is 2.41. The molecule has 2 aromatic carbocycles. The third-order valence-electron chi connectivity index (χ3n) is 3.43. The molecule has 0 aliphatic rings. The number of hydrogen-bond acceptors (Lipinski definition) is 2. The van der Waals surface area contributed by atoms with Gasteiger partial charge >= 0.3 is 0 Å². The lowest BCUT2D eigenvalue weighted by Gasteiger charge is -2.15. The van der Waals surface area contributed by atoms with Crippen molar-refractivity contribution in [2.24, 2.45) is 5.73 Å². The van der Waals surface area contributed by atoms with Crippen LogP contribution < -0.4 is 5.73 Å². The molecule has 2 rings (SSSR count). The largest absolute Gasteiger partial charge is 0.323 e. The zero-order valence-corrected chi connectivity index (χ0v) is 13.9. The van der Waals surface area contributed by atoms with E-state index < -0.39 is 10.8 Å². The van der Waals surface area contributed by atoms with E-state index in [1.165, 1.54) is 5.56 Å². The van der Waals surface area contributed by atoms with Gasteiger partial charge in [-0.15, -0.1) is 0 Å². The number of aryl methyl sites for hydroxylation is 2. The Morgan fingerprint density at radius 3 is 2.43 bits per heavy atom. The normalized spacial score (nSPS) is 13.9. The first kappa shape index (κ1) is 16.2. The third-order valence-corrected chi connectivity index (χ3v) is 5.07. The first-order valence-corrected chi connectivity index (χ1v) is 8.74. The van der Waals surface area contributed by atoms with Crippen LogP contribution in [-0.2, 0) is 16.6 Å². The second-order valence-electron chi connectivity index (χ2n) is 5.34. The zero-order chi connectivity index (χ0) is 15.4. The Morgan fingerprint density at radius 2 is 1.81 bits per heavy atom. The van der Waals surface area contributed by atoms with E-state index in [9.17, 15) is 4.21 Å². The van der Waals surface area contributed by atoms with E-state index in [1.807, 2.05) is 43.3 Å². The predicted molar refractivity (Wildman–Crippen MR) is 91.0 cm³/mol. The lowest BCUT2D eigenvalue weighted by molar-refractivity contribution is 0.674. The lowest BCUT2D eigenvalue weighted by atomic mass is 10.0. The fourth-order valence-corrected chi connectivity index (χ4v) is 3.75. The van der Waals surface area contributed by atoms with E-state index >= 15 is 0 Å². The maximum absolute atomic E-state index is 12.3. The summed E-state index contributed by atoms with van der Waals surface area (Å²) in [6.07, 6.45) is 0. The highest BCUT2D eigenvalue weighted by Gasteiger charge is 2.13. The van der Waals surface area contributed by atoms with Crippen molar-refractivity contribution in [3.8, 4) is 0 Å². The summed E-state index contributed by atoms with van der Waals surface area (Å²) in [5, 5.41) is 0.691. The van der Waals surface area contributed by atoms with Crippen molar-refractivity contribution in [1.29, 1.82) is 0 Å². The summed E-state index contributed by atoms with van der Waals surface area (Å²) in [5.41, 5.74) is 10.7. The molecular formula is C17H20ClNOS. The van der Waals surface area contributed by atoms with E-state index in [0.717, 1.165) is 16.7 Å². The summed E-state index contributed by atoms with van der Waals surface area (Å²) in [4.78, 5) is 0. The molecule has 112 valence electrons. The van der Waals surface area contributed by atoms with E-state index in [-0.39, 0.29) is 6.04 Å². The number of benzene rings is 2. The molecule has 2 nitrogen and oxygen atoms in total. The topological polar surface area (TPSA) is 43.1 Å². The molecule has 2 atom stereocenters. The van der Waals surface area contributed by atoms with Crippen molar-refractivity contribution in [3.05, 3.63) is 69.7 Å². The van der Waals surface area contributed by atoms with Gasteiger partial charge in [0, 0.05) is 33.4 Å². The van der Waals surface area contributed by atoms with Gasteiger partial charge in [-0.2, -0.15) is 0 Å². The molecular weight excluding hydrogens is 302 g/mol. The van der Waals surface area contributed by atoms with Crippen LogP contribution in [0.15, 0.2) is 42.5 Å². The van der Waals surface area contributed by atoms with Crippen LogP contribution in [0.2, 0.25) is 5.02 Å². The van der Waals surface area contributed by atoms with Gasteiger partial charge in [-0.05, 0) is 42.7 Å². The quantitative estimate of drug-likeness (QED) is 0.907. The molecule has 0 saturated heterocycles. The van der Waals surface area contributed by atoms with Gasteiger partial charge in [0.15, 0.2) is 0 Å². The molecule has 2 unspecified atom stereocenters. The number of rotatable bonds is 5. The smallest absolute Gasteiger partial charge is 0.0486 e. The van der Waals surface area contributed by atoms with Crippen LogP contribution >= 0.6 is 11.6 Å². The molecule has 0 aliphatic heterocycles. The summed E-state index contributed by atoms with van der Waals surface area (Å²) in [6, 6.07) is 13.4. The van der Waals surface area contributed by atoms with Gasteiger partial charge in [0.1, 0.15) is 0 Å². The minimum atomic E-state index is -0.990. The van der Waals surface area contributed by atoms with Gasteiger partial charge in [0.25, 0.3) is 0 Å². The molecule has 21 heavy (non-hydrogen) atoms. The molecule has 0 amide bonds. The van der Waals surface area contributed by atoms with Crippen molar-refractivity contribution in [1.82, 2.24) is 0 Å². The Bertz CT molecular complexity index is 640. The zero-order valence-electron chi connectivity index (χ0n) is 12.3. The molecule has 2 N–H and O–H groups in total. The maximum atomic E-state index is 12.3. The molecule has 0 aliphatic carbocycles. The van der Waals surface area contributed by atoms with Crippen LogP contribution in [0.1, 0.15) is 28.3 Å². The Hall–Kier alpha value is -1.16. The van der Waals surface area contributed by atoms with Crippen LogP contribution in [0.5, 0.6) is 0 Å². The standard InChI is InChI=1S/C17H20ClNOS/c1-12-3-8-16(13(2)9-12)17(19)11-21(20)10-14-4-6-15(18)7-5-14/h3-9,17H,10-11,19H2,1-2H3. The second kappa shape index (κ2) is 7.21. The highest BCUT2D eigenvalue weighted by Crippen LogP contribution is 2.19. The summed E-state index contributed by atoms with van der Waals surface area (Å²) >= 11 is 5.85. The second-order valence-corrected chi connectivity index (χ2v) is 7.28. The Morgan fingerprint density at radius 1 is 1.14 bits per heavy atom. The van der Waals surface area contributed by atoms with E-state index in [1.54, 1.807) is 0 Å². The maximum Gasteiger partial charge on any atom is 0.0486 e. The molecule has 0 saturated carbocycles. The van der Waals surface area contributed by atoms with Gasteiger partial charge in [0.05, 0.1) is 0 Å². The van der Waals surface area contributed by atoms with Crippen LogP contribution in [0.25, 0.3) is 0 Å². The van der Waals surface area contributed by atoms with Crippen molar-refractivity contribution < 1.29 is 4.21 Å². The minimum absolute atomic E-state index is 0.196. The van der Waals surface area contributed by atoms with E-state index in [2.05, 4.69) is 13.0 Å². The van der Waals surface area contributed by atoms with Gasteiger partial charge in [-0.25, -0.2) is 0 Å². The van der Waals surface area contributed by atoms with Crippen molar-refractivity contribution in [2.75, 3.05) is 5.75 Å². The number of nitrogens with two attached hydrogens (primary N) is 1. The van der Waals surface area contributed by atoms with Crippen LogP contribution in [0.3, 0.4) is 0 Å². The van der Waals surface area contributed by atoms with Crippen molar-refractivity contribution in [3.63, 3.8) is 0 Å². The molecule has 0 fully saturated rings. The number of hydrogen-bond donors (Lipinski definition) is 1. The Kier molecular flexibility index (Phi) is 5.57. The monoisotopic (exact) mass is 321 g/mol. The molecule has 0 heterocycles. The number of halogens is 1. The summed E-state index contributed by atoms with van der Waals surface area (Å²) in [7, 11) is -0.990. The summed E-state index contributed by atoms with van der Waals surface area (Å²) < 4.78 is 12.3. The van der Waals surface area contributed by atoms with E-state index in [4.69, 9.17) is 17.3 Å². The Labute approximate surface area is 133 Å². The van der Waals surface area contributed by atoms with Gasteiger partial charge < -0.3 is 5.73 Å². The van der Waals surface area contributed by atoms with Crippen molar-refractivity contribution >= 4 is 22.4 Å². The predicted octanol–water partition coefficient (Wildman–Crippen LogP) is 3.91. The fourth-order valence-electron chi connectivity index (χ4n) is 2.36. The summed E-state index contributed by atoms with van der Waals surface area (Å²) in [6.45, 7) is 4.10. The SMILES string of the molecule is Cc1ccc(C(N)CS(=O)Cc2ccc(Cl)cc2)c(C)c1. The van der Waals surface area contributed by atoms with Gasteiger partial charge in [-0.3, -0.25) is 4.21 Å². The highest BCUT2D eigenvalue weighted by atomic mass is 35.5. The summed E-state index contributed by atoms with van der Waals surface area (Å²) in [5.74, 6) is 0.975. The molecule has 0 aromatic heterocycles. The fraction of sp³-hybridized carbons (Fsp3) is 0.294. The minimum Gasteiger partial charge on any atom is -0.323 e. The molecule has 0 bridgehead atoms. The molecule has 0 spiro atoms. The van der Waals surface area contributed by atoms with E-state index in [0.29, 0.717) is 16.5 Å². The first-order valence-electron chi connectivity index (χ1n) is 6.88. The molecule has 4 heteroatoms. The van der Waals surface area contributed by atoms with Crippen LogP contribution in [-0.4, -0.2) is 9.96 Å². The first-order chi connectivity index (χ1) is 9.95. The third kappa shape index (κ3) is 4.67. The highest BCUT2D eigenvalue weighted by molar-refractivity contribution is 7.84. The Balaban J connectivity index is 2.00. The van der Waals surface area contributed by atoms with Gasteiger partial charge in [-0.1, -0.05) is 47.5 Å². The molecule has 2 aromatic rings. The molecule has 0 radical (unpaired) electrons. The van der Waals surface area contributed by atoms with Gasteiger partial charge in [0.2, 0.25) is 0 Å². The lowest BCUT2D eigenvalue weighted by Crippen LogP contribution is -2.20. The van der Waals surface area contributed by atoms with Crippen LogP contribution in [0, 0.1) is 13.8 Å². The van der Waals surface area contributed by atoms with Crippen LogP contribution in [0.4, 0.5) is 0 Å². The van der Waals surface area contributed by atoms with Crippen molar-refractivity contribution in [2.45, 2.75) is 25.6 Å².